The van der Waals surface area contributed by atoms with Crippen LogP contribution in [0.25, 0.3) is 0 Å². The summed E-state index contributed by atoms with van der Waals surface area (Å²) >= 11 is 1.73. The molecule has 0 saturated heterocycles. The summed E-state index contributed by atoms with van der Waals surface area (Å²) in [6.07, 6.45) is 7.92. The van der Waals surface area contributed by atoms with Crippen LogP contribution in [0.4, 0.5) is 5.82 Å². The number of nitrogens with zero attached hydrogens (tertiary/aromatic N) is 1. The fourth-order valence-corrected chi connectivity index (χ4v) is 2.50. The van der Waals surface area contributed by atoms with Crippen molar-refractivity contribution in [1.82, 2.24) is 4.98 Å². The Labute approximate surface area is 95.9 Å². The Morgan fingerprint density at radius 2 is 2.27 bits per heavy atom. The minimum absolute atomic E-state index is 0.632. The zero-order valence-corrected chi connectivity index (χ0v) is 10.2. The topological polar surface area (TPSA) is 24.9 Å². The van der Waals surface area contributed by atoms with E-state index in [1.807, 2.05) is 6.20 Å². The lowest BCUT2D eigenvalue weighted by Gasteiger charge is -2.12. The number of aromatic nitrogens is 1. The number of thioether (sulfide) groups is 1. The van der Waals surface area contributed by atoms with Crippen LogP contribution in [0.15, 0.2) is 23.2 Å². The van der Waals surface area contributed by atoms with Gasteiger partial charge in [0.2, 0.25) is 0 Å². The summed E-state index contributed by atoms with van der Waals surface area (Å²) in [5.74, 6) is 1.89. The molecule has 2 rings (SSSR count). The van der Waals surface area contributed by atoms with Crippen molar-refractivity contribution in [3.05, 3.63) is 18.3 Å². The van der Waals surface area contributed by atoms with E-state index < -0.39 is 0 Å². The summed E-state index contributed by atoms with van der Waals surface area (Å²) in [6, 6.07) is 4.83. The van der Waals surface area contributed by atoms with Crippen LogP contribution in [-0.4, -0.2) is 17.3 Å². The molecule has 0 aliphatic heterocycles. The third-order valence-electron chi connectivity index (χ3n) is 3.02. The van der Waals surface area contributed by atoms with Crippen LogP contribution >= 0.6 is 11.8 Å². The first-order valence-electron chi connectivity index (χ1n) is 5.54. The highest BCUT2D eigenvalue weighted by Gasteiger charge is 2.20. The first-order chi connectivity index (χ1) is 7.28. The lowest BCUT2D eigenvalue weighted by molar-refractivity contribution is 0.602. The first kappa shape index (κ1) is 10.8. The van der Waals surface area contributed by atoms with Gasteiger partial charge in [-0.3, -0.25) is 0 Å². The van der Waals surface area contributed by atoms with Crippen molar-refractivity contribution in [2.75, 3.05) is 11.6 Å². The molecule has 3 heteroatoms. The van der Waals surface area contributed by atoms with Gasteiger partial charge in [-0.2, -0.15) is 0 Å². The maximum atomic E-state index is 4.41. The third kappa shape index (κ3) is 2.88. The lowest BCUT2D eigenvalue weighted by Crippen LogP contribution is -2.15. The molecule has 1 aromatic heterocycles. The van der Waals surface area contributed by atoms with Gasteiger partial charge in [-0.05, 0) is 43.6 Å². The number of hydrogen-bond acceptors (Lipinski definition) is 3. The molecule has 0 bridgehead atoms. The molecule has 0 aromatic carbocycles. The highest BCUT2D eigenvalue weighted by Crippen LogP contribution is 2.27. The Bertz CT molecular complexity index is 310. The van der Waals surface area contributed by atoms with Crippen LogP contribution in [0.3, 0.4) is 0 Å². The molecular weight excluding hydrogens is 204 g/mol. The van der Waals surface area contributed by atoms with E-state index in [1.165, 1.54) is 24.2 Å². The lowest BCUT2D eigenvalue weighted by atomic mass is 10.1. The van der Waals surface area contributed by atoms with Gasteiger partial charge in [-0.15, -0.1) is 11.8 Å². The summed E-state index contributed by atoms with van der Waals surface area (Å²) in [5, 5.41) is 3.50. The van der Waals surface area contributed by atoms with E-state index in [0.29, 0.717) is 6.04 Å². The van der Waals surface area contributed by atoms with E-state index in [4.69, 9.17) is 0 Å². The van der Waals surface area contributed by atoms with Gasteiger partial charge in [-0.1, -0.05) is 6.92 Å². The van der Waals surface area contributed by atoms with Crippen LogP contribution in [0.1, 0.15) is 26.2 Å². The van der Waals surface area contributed by atoms with Crippen LogP contribution in [0.2, 0.25) is 0 Å². The largest absolute Gasteiger partial charge is 0.367 e. The molecule has 2 nitrogen and oxygen atoms in total. The van der Waals surface area contributed by atoms with Crippen molar-refractivity contribution in [3.63, 3.8) is 0 Å². The number of nitrogens with one attached hydrogen (secondary N) is 1. The van der Waals surface area contributed by atoms with Crippen molar-refractivity contribution in [3.8, 4) is 0 Å². The second-order valence-corrected chi connectivity index (χ2v) is 5.22. The average Bonchev–Trinajstić information content (AvgIpc) is 2.65. The molecule has 0 spiro atoms. The predicted molar refractivity (Wildman–Crippen MR) is 66.4 cm³/mol. The molecule has 1 heterocycles. The zero-order valence-electron chi connectivity index (χ0n) is 9.36. The normalized spacial score (nSPS) is 25.5. The summed E-state index contributed by atoms with van der Waals surface area (Å²) in [4.78, 5) is 5.63. The number of hydrogen-bond donors (Lipinski definition) is 1. The van der Waals surface area contributed by atoms with E-state index in [-0.39, 0.29) is 0 Å². The summed E-state index contributed by atoms with van der Waals surface area (Å²) in [5.41, 5.74) is 0. The highest BCUT2D eigenvalue weighted by atomic mass is 32.2. The molecule has 1 fully saturated rings. The van der Waals surface area contributed by atoms with Crippen molar-refractivity contribution in [2.24, 2.45) is 5.92 Å². The molecule has 1 N–H and O–H groups in total. The molecule has 1 aliphatic rings. The molecule has 2 unspecified atom stereocenters. The Morgan fingerprint density at radius 3 is 2.80 bits per heavy atom. The second-order valence-electron chi connectivity index (χ2n) is 4.34. The van der Waals surface area contributed by atoms with Gasteiger partial charge in [0, 0.05) is 17.1 Å². The van der Waals surface area contributed by atoms with E-state index >= 15 is 0 Å². The smallest absolute Gasteiger partial charge is 0.126 e. The monoisotopic (exact) mass is 222 g/mol. The Hall–Kier alpha value is -0.700. The van der Waals surface area contributed by atoms with Crippen LogP contribution < -0.4 is 5.32 Å². The third-order valence-corrected chi connectivity index (χ3v) is 3.73. The molecule has 1 aliphatic carbocycles. The van der Waals surface area contributed by atoms with Gasteiger partial charge >= 0.3 is 0 Å². The molecule has 15 heavy (non-hydrogen) atoms. The van der Waals surface area contributed by atoms with Gasteiger partial charge in [0.1, 0.15) is 5.82 Å². The standard InChI is InChI=1S/C12H18N2S/c1-9-3-4-10(7-9)14-12-6-5-11(15-2)8-13-12/h5-6,8-10H,3-4,7H2,1-2H3,(H,13,14). The maximum Gasteiger partial charge on any atom is 0.126 e. The van der Waals surface area contributed by atoms with Gasteiger partial charge in [0.05, 0.1) is 0 Å². The molecular formula is C12H18N2S. The molecule has 0 amide bonds. The van der Waals surface area contributed by atoms with E-state index in [9.17, 15) is 0 Å². The predicted octanol–water partition coefficient (Wildman–Crippen LogP) is 3.40. The van der Waals surface area contributed by atoms with Gasteiger partial charge in [0.25, 0.3) is 0 Å². The fraction of sp³-hybridized carbons (Fsp3) is 0.583. The highest BCUT2D eigenvalue weighted by molar-refractivity contribution is 7.98. The van der Waals surface area contributed by atoms with Crippen molar-refractivity contribution >= 4 is 17.6 Å². The quantitative estimate of drug-likeness (QED) is 0.793. The maximum absolute atomic E-state index is 4.41. The summed E-state index contributed by atoms with van der Waals surface area (Å²) < 4.78 is 0. The Balaban J connectivity index is 1.93. The van der Waals surface area contributed by atoms with E-state index in [0.717, 1.165) is 11.7 Å². The second kappa shape index (κ2) is 4.88. The number of pyridine rings is 1. The van der Waals surface area contributed by atoms with Gasteiger partial charge in [0.15, 0.2) is 0 Å². The van der Waals surface area contributed by atoms with Crippen LogP contribution in [-0.2, 0) is 0 Å². The minimum Gasteiger partial charge on any atom is -0.367 e. The molecule has 1 saturated carbocycles. The fourth-order valence-electron chi connectivity index (χ4n) is 2.13. The molecule has 2 atom stereocenters. The van der Waals surface area contributed by atoms with Gasteiger partial charge in [-0.25, -0.2) is 4.98 Å². The van der Waals surface area contributed by atoms with Crippen molar-refractivity contribution in [2.45, 2.75) is 37.1 Å². The van der Waals surface area contributed by atoms with Crippen LogP contribution in [0.5, 0.6) is 0 Å². The molecule has 82 valence electrons. The summed E-state index contributed by atoms with van der Waals surface area (Å²) in [6.45, 7) is 2.33. The van der Waals surface area contributed by atoms with Gasteiger partial charge < -0.3 is 5.32 Å². The van der Waals surface area contributed by atoms with Crippen LogP contribution in [0, 0.1) is 5.92 Å². The Morgan fingerprint density at radius 1 is 1.40 bits per heavy atom. The zero-order chi connectivity index (χ0) is 10.7. The Kier molecular flexibility index (Phi) is 3.52. The minimum atomic E-state index is 0.632. The van der Waals surface area contributed by atoms with E-state index in [2.05, 4.69) is 35.6 Å². The average molecular weight is 222 g/mol. The van der Waals surface area contributed by atoms with E-state index in [1.54, 1.807) is 11.8 Å². The summed E-state index contributed by atoms with van der Waals surface area (Å²) in [7, 11) is 0. The van der Waals surface area contributed by atoms with Crippen molar-refractivity contribution in [1.29, 1.82) is 0 Å². The SMILES string of the molecule is CSc1ccc(NC2CCC(C)C2)nc1. The first-order valence-corrected chi connectivity index (χ1v) is 6.77. The molecule has 1 aromatic rings. The number of rotatable bonds is 3. The van der Waals surface area contributed by atoms with Crippen molar-refractivity contribution < 1.29 is 0 Å². The molecule has 0 radical (unpaired) electrons. The number of anilines is 1.